The van der Waals surface area contributed by atoms with E-state index in [1.54, 1.807) is 0 Å². The second kappa shape index (κ2) is 2.19. The van der Waals surface area contributed by atoms with Crippen LogP contribution >= 0.6 is 0 Å². The Balaban J connectivity index is 2.33. The third-order valence-electron chi connectivity index (χ3n) is 1.93. The predicted octanol–water partition coefficient (Wildman–Crippen LogP) is 0.00450. The van der Waals surface area contributed by atoms with Crippen molar-refractivity contribution in [2.45, 2.75) is 37.3 Å². The van der Waals surface area contributed by atoms with Crippen molar-refractivity contribution in [2.24, 2.45) is 0 Å². The molecule has 1 aliphatic rings. The van der Waals surface area contributed by atoms with Crippen molar-refractivity contribution in [3.63, 3.8) is 0 Å². The Kier molecular flexibility index (Phi) is 1.73. The lowest BCUT2D eigenvalue weighted by atomic mass is 9.97. The van der Waals surface area contributed by atoms with Crippen LogP contribution in [0.15, 0.2) is 0 Å². The van der Waals surface area contributed by atoms with E-state index in [2.05, 4.69) is 0 Å². The molecule has 0 heterocycles. The molecule has 1 nitrogen and oxygen atoms in total. The minimum absolute atomic E-state index is 0.182. The average Bonchev–Trinajstić information content (AvgIpc) is 1.65. The maximum atomic E-state index is 9.44. The van der Waals surface area contributed by atoms with Crippen molar-refractivity contribution in [3.05, 3.63) is 0 Å². The molecule has 0 aromatic rings. The summed E-state index contributed by atoms with van der Waals surface area (Å²) in [6, 6.07) is 0. The van der Waals surface area contributed by atoms with Crippen LogP contribution in [-0.2, 0) is 0 Å². The maximum Gasteiger partial charge on any atom is 0.0452 e. The molecule has 0 aromatic carbocycles. The van der Waals surface area contributed by atoms with E-state index in [0.717, 1.165) is 23.1 Å². The molecular weight excluding hydrogens is 116 g/mol. The lowest BCUT2D eigenvalue weighted by Crippen LogP contribution is -2.31. The molecule has 0 aliphatic heterocycles. The van der Waals surface area contributed by atoms with Crippen LogP contribution in [0.3, 0.4) is 0 Å². The van der Waals surface area contributed by atoms with Gasteiger partial charge in [0, 0.05) is 15.5 Å². The molecule has 0 bridgehead atoms. The minimum atomic E-state index is -0.182. The molecule has 8 heavy (non-hydrogen) atoms. The fourth-order valence-electron chi connectivity index (χ4n) is 1.31. The molecule has 0 amide bonds. The highest BCUT2D eigenvalue weighted by atomic mass is 28.1. The summed E-state index contributed by atoms with van der Waals surface area (Å²) in [7, 11) is 0.965. The van der Waals surface area contributed by atoms with Gasteiger partial charge in [0.25, 0.3) is 0 Å². The zero-order chi connectivity index (χ0) is 6.04. The number of rotatable bonds is 0. The van der Waals surface area contributed by atoms with Crippen LogP contribution in [0.5, 0.6) is 0 Å². The van der Waals surface area contributed by atoms with Gasteiger partial charge in [-0.1, -0.05) is 19.3 Å². The van der Waals surface area contributed by atoms with E-state index in [1.807, 2.05) is 0 Å². The van der Waals surface area contributed by atoms with Gasteiger partial charge in [-0.25, -0.2) is 0 Å². The molecule has 1 aliphatic carbocycles. The third-order valence-corrected chi connectivity index (χ3v) is 2.93. The van der Waals surface area contributed by atoms with Gasteiger partial charge in [-0.2, -0.15) is 0 Å². The fourth-order valence-corrected chi connectivity index (χ4v) is 2.02. The quantitative estimate of drug-likeness (QED) is 0.458. The van der Waals surface area contributed by atoms with Gasteiger partial charge in [0.15, 0.2) is 0 Å². The van der Waals surface area contributed by atoms with Gasteiger partial charge in [0.2, 0.25) is 0 Å². The summed E-state index contributed by atoms with van der Waals surface area (Å²) in [4.78, 5) is 0. The molecule has 48 valence electrons. The highest BCUT2D eigenvalue weighted by Gasteiger charge is 2.22. The van der Waals surface area contributed by atoms with Crippen molar-refractivity contribution in [1.82, 2.24) is 0 Å². The Morgan fingerprint density at radius 2 is 1.62 bits per heavy atom. The van der Waals surface area contributed by atoms with Gasteiger partial charge in [0.05, 0.1) is 0 Å². The van der Waals surface area contributed by atoms with Gasteiger partial charge in [0.1, 0.15) is 0 Å². The predicted molar refractivity (Wildman–Crippen MR) is 38.0 cm³/mol. The summed E-state index contributed by atoms with van der Waals surface area (Å²) in [5, 5.41) is 9.25. The molecule has 0 radical (unpaired) electrons. The largest absolute Gasteiger partial charge is 0.394 e. The second-order valence-electron chi connectivity index (χ2n) is 3.06. The lowest BCUT2D eigenvalue weighted by molar-refractivity contribution is 0.0857. The first kappa shape index (κ1) is 6.30. The first-order valence-corrected chi connectivity index (χ1v) is 4.43. The molecule has 1 saturated carbocycles. The SMILES string of the molecule is OC1([SiH3])CCCCC1. The van der Waals surface area contributed by atoms with Crippen molar-refractivity contribution in [1.29, 1.82) is 0 Å². The molecule has 1 fully saturated rings. The standard InChI is InChI=1S/C6H14OSi/c7-6(8)4-2-1-3-5-6/h7H,1-5H2,8H3. The average molecular weight is 130 g/mol. The fraction of sp³-hybridized carbons (Fsp3) is 1.00. The normalized spacial score (nSPS) is 28.1. The van der Waals surface area contributed by atoms with Crippen molar-refractivity contribution in [2.75, 3.05) is 0 Å². The highest BCUT2D eigenvalue weighted by molar-refractivity contribution is 6.14. The van der Waals surface area contributed by atoms with Gasteiger partial charge in [-0.05, 0) is 12.8 Å². The Hall–Kier alpha value is 0.177. The number of hydrogen-bond donors (Lipinski definition) is 1. The Morgan fingerprint density at radius 3 is 1.88 bits per heavy atom. The minimum Gasteiger partial charge on any atom is -0.394 e. The van der Waals surface area contributed by atoms with E-state index in [-0.39, 0.29) is 5.22 Å². The van der Waals surface area contributed by atoms with E-state index in [4.69, 9.17) is 0 Å². The first-order chi connectivity index (χ1) is 3.71. The summed E-state index contributed by atoms with van der Waals surface area (Å²) in [5.74, 6) is 0. The summed E-state index contributed by atoms with van der Waals surface area (Å²) < 4.78 is 0. The third kappa shape index (κ3) is 1.60. The summed E-state index contributed by atoms with van der Waals surface area (Å²) in [5.41, 5.74) is 0. The number of aliphatic hydroxyl groups is 1. The number of hydrogen-bond acceptors (Lipinski definition) is 1. The van der Waals surface area contributed by atoms with E-state index in [0.29, 0.717) is 0 Å². The smallest absolute Gasteiger partial charge is 0.0452 e. The van der Waals surface area contributed by atoms with Crippen molar-refractivity contribution >= 4 is 10.2 Å². The summed E-state index contributed by atoms with van der Waals surface area (Å²) in [6.45, 7) is 0. The van der Waals surface area contributed by atoms with Gasteiger partial charge in [-0.15, -0.1) is 0 Å². The summed E-state index contributed by atoms with van der Waals surface area (Å²) >= 11 is 0. The second-order valence-corrected chi connectivity index (χ2v) is 4.92. The van der Waals surface area contributed by atoms with Crippen LogP contribution in [0, 0.1) is 0 Å². The molecule has 1 rings (SSSR count). The molecule has 0 aromatic heterocycles. The zero-order valence-corrected chi connectivity index (χ0v) is 7.48. The monoisotopic (exact) mass is 130 g/mol. The van der Waals surface area contributed by atoms with Crippen LogP contribution in [-0.4, -0.2) is 20.6 Å². The van der Waals surface area contributed by atoms with E-state index in [1.165, 1.54) is 19.3 Å². The molecule has 2 heteroatoms. The molecule has 0 saturated heterocycles. The van der Waals surface area contributed by atoms with Crippen molar-refractivity contribution < 1.29 is 5.11 Å². The highest BCUT2D eigenvalue weighted by Crippen LogP contribution is 2.24. The van der Waals surface area contributed by atoms with Crippen LogP contribution in [0.4, 0.5) is 0 Å². The molecule has 0 atom stereocenters. The Morgan fingerprint density at radius 1 is 1.12 bits per heavy atom. The van der Waals surface area contributed by atoms with Crippen molar-refractivity contribution in [3.8, 4) is 0 Å². The topological polar surface area (TPSA) is 20.2 Å². The van der Waals surface area contributed by atoms with E-state index >= 15 is 0 Å². The zero-order valence-electron chi connectivity index (χ0n) is 5.48. The molecule has 0 spiro atoms. The van der Waals surface area contributed by atoms with Crippen LogP contribution in [0.1, 0.15) is 32.1 Å². The van der Waals surface area contributed by atoms with E-state index < -0.39 is 0 Å². The molecule has 0 unspecified atom stereocenters. The molecular formula is C6H14OSi. The molecule has 1 N–H and O–H groups in total. The lowest BCUT2D eigenvalue weighted by Gasteiger charge is -2.27. The van der Waals surface area contributed by atoms with Crippen LogP contribution < -0.4 is 0 Å². The first-order valence-electron chi connectivity index (χ1n) is 3.43. The Labute approximate surface area is 53.5 Å². The van der Waals surface area contributed by atoms with Gasteiger partial charge >= 0.3 is 0 Å². The van der Waals surface area contributed by atoms with E-state index in [9.17, 15) is 5.11 Å². The summed E-state index contributed by atoms with van der Waals surface area (Å²) in [6.07, 6.45) is 5.98. The maximum absolute atomic E-state index is 9.44. The van der Waals surface area contributed by atoms with Gasteiger partial charge in [-0.3, -0.25) is 0 Å². The van der Waals surface area contributed by atoms with Crippen LogP contribution in [0.2, 0.25) is 0 Å². The van der Waals surface area contributed by atoms with Gasteiger partial charge < -0.3 is 5.11 Å². The van der Waals surface area contributed by atoms with Crippen LogP contribution in [0.25, 0.3) is 0 Å². The Bertz CT molecular complexity index is 72.6.